The second-order valence-corrected chi connectivity index (χ2v) is 9.25. The maximum atomic E-state index is 11.8. The van der Waals surface area contributed by atoms with E-state index in [1.54, 1.807) is 48.5 Å². The first-order chi connectivity index (χ1) is 13.3. The average Bonchev–Trinajstić information content (AvgIpc) is 2.67. The zero-order valence-corrected chi connectivity index (χ0v) is 17.1. The molecule has 140 valence electrons. The summed E-state index contributed by atoms with van der Waals surface area (Å²) in [7, 11) is -3.27. The predicted molar refractivity (Wildman–Crippen MR) is 114 cm³/mol. The van der Waals surface area contributed by atoms with Crippen molar-refractivity contribution in [1.82, 2.24) is 9.97 Å². The van der Waals surface area contributed by atoms with Gasteiger partial charge in [-0.25, -0.2) is 18.4 Å². The van der Waals surface area contributed by atoms with Gasteiger partial charge in [-0.2, -0.15) is 0 Å². The van der Waals surface area contributed by atoms with Crippen molar-refractivity contribution in [3.05, 3.63) is 76.8 Å². The summed E-state index contributed by atoms with van der Waals surface area (Å²) >= 11 is 12.1. The molecule has 28 heavy (non-hydrogen) atoms. The molecule has 0 fully saturated rings. The van der Waals surface area contributed by atoms with E-state index in [9.17, 15) is 8.42 Å². The highest BCUT2D eigenvalue weighted by molar-refractivity contribution is 7.90. The zero-order valence-electron chi connectivity index (χ0n) is 14.7. The van der Waals surface area contributed by atoms with E-state index in [2.05, 4.69) is 0 Å². The molecule has 7 heteroatoms. The summed E-state index contributed by atoms with van der Waals surface area (Å²) < 4.78 is 23.5. The molecule has 3 aromatic carbocycles. The molecule has 0 atom stereocenters. The molecule has 1 aromatic heterocycles. The number of rotatable bonds is 3. The molecule has 0 bridgehead atoms. The van der Waals surface area contributed by atoms with Crippen molar-refractivity contribution in [2.45, 2.75) is 4.90 Å². The van der Waals surface area contributed by atoms with E-state index in [-0.39, 0.29) is 4.90 Å². The Morgan fingerprint density at radius 3 is 1.75 bits per heavy atom. The molecular formula is C21H14Cl2N2O2S. The summed E-state index contributed by atoms with van der Waals surface area (Å²) in [5, 5.41) is 1.20. The Hall–Kier alpha value is -2.47. The molecule has 0 spiro atoms. The number of halogens is 2. The van der Waals surface area contributed by atoms with Crippen LogP contribution >= 0.6 is 23.2 Å². The fourth-order valence-electron chi connectivity index (χ4n) is 2.90. The lowest BCUT2D eigenvalue weighted by atomic mass is 10.0. The van der Waals surface area contributed by atoms with Crippen molar-refractivity contribution in [1.29, 1.82) is 0 Å². The van der Waals surface area contributed by atoms with Crippen molar-refractivity contribution >= 4 is 44.1 Å². The molecule has 4 nitrogen and oxygen atoms in total. The first kappa shape index (κ1) is 18.9. The first-order valence-electron chi connectivity index (χ1n) is 8.35. The monoisotopic (exact) mass is 428 g/mol. The summed E-state index contributed by atoms with van der Waals surface area (Å²) in [6, 6.07) is 19.3. The van der Waals surface area contributed by atoms with Gasteiger partial charge in [-0.15, -0.1) is 0 Å². The van der Waals surface area contributed by atoms with E-state index in [1.165, 1.54) is 6.26 Å². The molecule has 4 rings (SSSR count). The van der Waals surface area contributed by atoms with Crippen molar-refractivity contribution in [2.24, 2.45) is 0 Å². The van der Waals surface area contributed by atoms with Crippen molar-refractivity contribution in [3.63, 3.8) is 0 Å². The normalized spacial score (nSPS) is 11.7. The highest BCUT2D eigenvalue weighted by atomic mass is 35.5. The number of benzene rings is 3. The SMILES string of the molecule is CS(=O)(=O)c1ccc(-c2nc3ccc(Cl)cc3nc2-c2ccc(Cl)cc2)cc1. The molecule has 0 aliphatic heterocycles. The lowest BCUT2D eigenvalue weighted by Gasteiger charge is -2.11. The van der Waals surface area contributed by atoms with Crippen LogP contribution in [0.1, 0.15) is 0 Å². The molecular weight excluding hydrogens is 415 g/mol. The standard InChI is InChI=1S/C21H14Cl2N2O2S/c1-28(26,27)17-9-4-14(5-10-17)20-21(13-2-6-15(22)7-3-13)25-19-12-16(23)8-11-18(19)24-20/h2-12H,1H3. The first-order valence-corrected chi connectivity index (χ1v) is 11.0. The van der Waals surface area contributed by atoms with E-state index in [4.69, 9.17) is 33.2 Å². The van der Waals surface area contributed by atoms with Gasteiger partial charge < -0.3 is 0 Å². The summed E-state index contributed by atoms with van der Waals surface area (Å²) in [6.45, 7) is 0. The summed E-state index contributed by atoms with van der Waals surface area (Å²) in [6.07, 6.45) is 1.18. The van der Waals surface area contributed by atoms with Gasteiger partial charge in [0, 0.05) is 27.4 Å². The smallest absolute Gasteiger partial charge is 0.175 e. The van der Waals surface area contributed by atoms with Crippen molar-refractivity contribution in [3.8, 4) is 22.5 Å². The van der Waals surface area contributed by atoms with Gasteiger partial charge >= 0.3 is 0 Å². The van der Waals surface area contributed by atoms with Gasteiger partial charge in [0.2, 0.25) is 0 Å². The van der Waals surface area contributed by atoms with Gasteiger partial charge in [-0.05, 0) is 42.5 Å². The van der Waals surface area contributed by atoms with Crippen molar-refractivity contribution < 1.29 is 8.42 Å². The largest absolute Gasteiger partial charge is 0.244 e. The van der Waals surface area contributed by atoms with Crippen LogP contribution < -0.4 is 0 Å². The van der Waals surface area contributed by atoms with Crippen LogP contribution in [-0.4, -0.2) is 24.6 Å². The molecule has 0 radical (unpaired) electrons. The summed E-state index contributed by atoms with van der Waals surface area (Å²) in [4.78, 5) is 9.80. The van der Waals surface area contributed by atoms with Crippen LogP contribution in [0.5, 0.6) is 0 Å². The van der Waals surface area contributed by atoms with E-state index in [0.717, 1.165) is 11.1 Å². The van der Waals surface area contributed by atoms with E-state index >= 15 is 0 Å². The van der Waals surface area contributed by atoms with Crippen LogP contribution in [0.15, 0.2) is 71.6 Å². The van der Waals surface area contributed by atoms with Gasteiger partial charge in [0.1, 0.15) is 0 Å². The fourth-order valence-corrected chi connectivity index (χ4v) is 3.82. The molecule has 0 N–H and O–H groups in total. The third-order valence-electron chi connectivity index (χ3n) is 4.30. The molecule has 0 saturated heterocycles. The van der Waals surface area contributed by atoms with Gasteiger partial charge in [0.15, 0.2) is 9.84 Å². The molecule has 1 heterocycles. The Balaban J connectivity index is 1.96. The van der Waals surface area contributed by atoms with Crippen LogP contribution in [0.2, 0.25) is 10.0 Å². The zero-order chi connectivity index (χ0) is 19.9. The minimum Gasteiger partial charge on any atom is -0.244 e. The van der Waals surface area contributed by atoms with Gasteiger partial charge in [-0.1, -0.05) is 47.5 Å². The molecule has 0 amide bonds. The summed E-state index contributed by atoms with van der Waals surface area (Å²) in [5.41, 5.74) is 4.30. The van der Waals surface area contributed by atoms with Gasteiger partial charge in [0.25, 0.3) is 0 Å². The number of hydrogen-bond donors (Lipinski definition) is 0. The van der Waals surface area contributed by atoms with E-state index in [1.807, 2.05) is 18.2 Å². The fraction of sp³-hybridized carbons (Fsp3) is 0.0476. The van der Waals surface area contributed by atoms with Crippen LogP contribution in [0, 0.1) is 0 Å². The lowest BCUT2D eigenvalue weighted by molar-refractivity contribution is 0.602. The van der Waals surface area contributed by atoms with Crippen LogP contribution in [0.25, 0.3) is 33.5 Å². The number of nitrogens with zero attached hydrogens (tertiary/aromatic N) is 2. The molecule has 0 aliphatic carbocycles. The average molecular weight is 429 g/mol. The van der Waals surface area contributed by atoms with E-state index < -0.39 is 9.84 Å². The summed E-state index contributed by atoms with van der Waals surface area (Å²) in [5.74, 6) is 0. The molecule has 0 aliphatic rings. The van der Waals surface area contributed by atoms with Crippen molar-refractivity contribution in [2.75, 3.05) is 6.26 Å². The number of hydrogen-bond acceptors (Lipinski definition) is 4. The maximum absolute atomic E-state index is 11.8. The Labute approximate surface area is 172 Å². The third-order valence-corrected chi connectivity index (χ3v) is 5.92. The Morgan fingerprint density at radius 1 is 0.679 bits per heavy atom. The Bertz CT molecular complexity index is 1290. The molecule has 0 saturated carbocycles. The predicted octanol–water partition coefficient (Wildman–Crippen LogP) is 5.67. The Morgan fingerprint density at radius 2 is 1.18 bits per heavy atom. The molecule has 0 unspecified atom stereocenters. The second-order valence-electron chi connectivity index (χ2n) is 6.36. The van der Waals surface area contributed by atoms with Crippen LogP contribution in [-0.2, 0) is 9.84 Å². The highest BCUT2D eigenvalue weighted by Gasteiger charge is 2.15. The number of fused-ring (bicyclic) bond motifs is 1. The Kier molecular flexibility index (Phi) is 4.83. The van der Waals surface area contributed by atoms with Crippen LogP contribution in [0.4, 0.5) is 0 Å². The lowest BCUT2D eigenvalue weighted by Crippen LogP contribution is -1.98. The number of sulfone groups is 1. The quantitative estimate of drug-likeness (QED) is 0.421. The minimum atomic E-state index is -3.27. The highest BCUT2D eigenvalue weighted by Crippen LogP contribution is 2.32. The maximum Gasteiger partial charge on any atom is 0.175 e. The third kappa shape index (κ3) is 3.74. The van der Waals surface area contributed by atoms with Gasteiger partial charge in [-0.3, -0.25) is 0 Å². The second kappa shape index (κ2) is 7.17. The molecule has 4 aromatic rings. The number of aromatic nitrogens is 2. The van der Waals surface area contributed by atoms with Crippen LogP contribution in [0.3, 0.4) is 0 Å². The van der Waals surface area contributed by atoms with E-state index in [0.29, 0.717) is 32.5 Å². The van der Waals surface area contributed by atoms with Gasteiger partial charge in [0.05, 0.1) is 27.3 Å². The topological polar surface area (TPSA) is 59.9 Å². The minimum absolute atomic E-state index is 0.254.